The number of aryl methyl sites for hydroxylation is 1. The largest absolute Gasteiger partial charge is 0.441 e. The topological polar surface area (TPSA) is 93.8 Å². The fourth-order valence-corrected chi connectivity index (χ4v) is 2.92. The van der Waals surface area contributed by atoms with Crippen LogP contribution in [-0.2, 0) is 13.0 Å². The van der Waals surface area contributed by atoms with E-state index in [1.54, 1.807) is 0 Å². The summed E-state index contributed by atoms with van der Waals surface area (Å²) in [5.41, 5.74) is 0.647. The lowest BCUT2D eigenvalue weighted by molar-refractivity contribution is 0.485. The molecule has 2 aromatic heterocycles. The molecule has 4 rings (SSSR count). The summed E-state index contributed by atoms with van der Waals surface area (Å²) in [7, 11) is 0. The van der Waals surface area contributed by atoms with Crippen LogP contribution >= 0.6 is 0 Å². The molecule has 7 nitrogen and oxygen atoms in total. The first-order chi connectivity index (χ1) is 12.2. The van der Waals surface area contributed by atoms with Crippen LogP contribution in [0.2, 0.25) is 0 Å². The number of hydrogen-bond donors (Lipinski definition) is 0. The number of benzene rings is 1. The molecule has 2 heterocycles. The second-order valence-electron chi connectivity index (χ2n) is 6.21. The quantitative estimate of drug-likeness (QED) is 0.710. The lowest BCUT2D eigenvalue weighted by atomic mass is 10.3. The summed E-state index contributed by atoms with van der Waals surface area (Å²) < 4.78 is 8.31. The molecule has 7 heteroatoms. The van der Waals surface area contributed by atoms with Gasteiger partial charge in [0.05, 0.1) is 0 Å². The molecule has 0 unspecified atom stereocenters. The van der Waals surface area contributed by atoms with Gasteiger partial charge in [-0.15, -0.1) is 0 Å². The minimum Gasteiger partial charge on any atom is -0.441 e. The van der Waals surface area contributed by atoms with Crippen LogP contribution in [0.3, 0.4) is 0 Å². The van der Waals surface area contributed by atoms with Gasteiger partial charge in [-0.1, -0.05) is 12.1 Å². The second kappa shape index (κ2) is 6.06. The van der Waals surface area contributed by atoms with Gasteiger partial charge in [0.15, 0.2) is 11.5 Å². The summed E-state index contributed by atoms with van der Waals surface area (Å²) >= 11 is 0. The third-order valence-corrected chi connectivity index (χ3v) is 4.37. The highest BCUT2D eigenvalue weighted by Gasteiger charge is 2.26. The summed E-state index contributed by atoms with van der Waals surface area (Å²) in [6.07, 6.45) is 4.25. The highest BCUT2D eigenvalue weighted by Crippen LogP contribution is 2.33. The molecule has 126 valence electrons. The van der Waals surface area contributed by atoms with Crippen molar-refractivity contribution < 1.29 is 4.42 Å². The number of nitriles is 1. The Hall–Kier alpha value is -3.14. The van der Waals surface area contributed by atoms with Gasteiger partial charge in [-0.05, 0) is 31.4 Å². The van der Waals surface area contributed by atoms with Gasteiger partial charge in [-0.3, -0.25) is 13.9 Å². The molecule has 0 atom stereocenters. The van der Waals surface area contributed by atoms with Gasteiger partial charge in [-0.25, -0.2) is 9.78 Å². The molecule has 0 N–H and O–H groups in total. The first kappa shape index (κ1) is 15.4. The van der Waals surface area contributed by atoms with E-state index in [9.17, 15) is 9.59 Å². The molecule has 0 saturated heterocycles. The van der Waals surface area contributed by atoms with Crippen LogP contribution in [-0.4, -0.2) is 14.1 Å². The van der Waals surface area contributed by atoms with Crippen LogP contribution in [0.25, 0.3) is 11.1 Å². The van der Waals surface area contributed by atoms with Gasteiger partial charge in [0.2, 0.25) is 0 Å². The zero-order chi connectivity index (χ0) is 17.4. The highest BCUT2D eigenvalue weighted by molar-refractivity contribution is 5.72. The van der Waals surface area contributed by atoms with Crippen LogP contribution in [0, 0.1) is 11.3 Å². The molecular formula is C18H16N4O3. The Morgan fingerprint density at radius 2 is 2.08 bits per heavy atom. The van der Waals surface area contributed by atoms with Crippen molar-refractivity contribution in [3.8, 4) is 6.07 Å². The third-order valence-electron chi connectivity index (χ3n) is 4.37. The standard InChI is InChI=1S/C18H16N4O3/c19-10-12-11-22(13-7-8-13)18(24)21(17(12)23)9-3-6-16-20-14-4-1-2-5-15(14)25-16/h1-2,4-5,11,13H,3,6-9H2. The molecular weight excluding hydrogens is 320 g/mol. The molecule has 1 aliphatic carbocycles. The number of aromatic nitrogens is 3. The molecule has 0 amide bonds. The van der Waals surface area contributed by atoms with Crippen molar-refractivity contribution in [1.29, 1.82) is 5.26 Å². The molecule has 0 bridgehead atoms. The Labute approximate surface area is 142 Å². The molecule has 0 aliphatic heterocycles. The zero-order valence-electron chi connectivity index (χ0n) is 13.5. The Morgan fingerprint density at radius 1 is 1.28 bits per heavy atom. The third kappa shape index (κ3) is 2.87. The van der Waals surface area contributed by atoms with Gasteiger partial charge in [0, 0.05) is 25.2 Å². The van der Waals surface area contributed by atoms with Crippen molar-refractivity contribution in [2.75, 3.05) is 0 Å². The van der Waals surface area contributed by atoms with Crippen LogP contribution in [0.4, 0.5) is 0 Å². The number of hydrogen-bond acceptors (Lipinski definition) is 5. The number of rotatable bonds is 5. The number of nitrogens with zero attached hydrogens (tertiary/aromatic N) is 4. The van der Waals surface area contributed by atoms with E-state index >= 15 is 0 Å². The molecule has 1 aliphatic rings. The van der Waals surface area contributed by atoms with E-state index in [4.69, 9.17) is 9.68 Å². The average molecular weight is 336 g/mol. The maximum Gasteiger partial charge on any atom is 0.331 e. The van der Waals surface area contributed by atoms with Crippen molar-refractivity contribution in [3.05, 3.63) is 62.8 Å². The minimum absolute atomic E-state index is 0.00774. The summed E-state index contributed by atoms with van der Waals surface area (Å²) in [5.74, 6) is 0.577. The van der Waals surface area contributed by atoms with Gasteiger partial charge >= 0.3 is 5.69 Å². The maximum atomic E-state index is 12.5. The summed E-state index contributed by atoms with van der Waals surface area (Å²) in [5, 5.41) is 9.14. The lowest BCUT2D eigenvalue weighted by Crippen LogP contribution is -2.40. The molecule has 0 spiro atoms. The van der Waals surface area contributed by atoms with Crippen LogP contribution in [0.5, 0.6) is 0 Å². The smallest absolute Gasteiger partial charge is 0.331 e. The van der Waals surface area contributed by atoms with Gasteiger partial charge in [0.25, 0.3) is 5.56 Å². The Morgan fingerprint density at radius 3 is 2.80 bits per heavy atom. The maximum absolute atomic E-state index is 12.5. The van der Waals surface area contributed by atoms with Gasteiger partial charge in [0.1, 0.15) is 17.1 Å². The van der Waals surface area contributed by atoms with E-state index in [0.717, 1.165) is 28.5 Å². The van der Waals surface area contributed by atoms with Crippen molar-refractivity contribution in [2.24, 2.45) is 0 Å². The molecule has 1 aromatic carbocycles. The summed E-state index contributed by atoms with van der Waals surface area (Å²) in [6.45, 7) is 0.235. The Balaban J connectivity index is 1.56. The second-order valence-corrected chi connectivity index (χ2v) is 6.21. The fraction of sp³-hybridized carbons (Fsp3) is 0.333. The molecule has 1 saturated carbocycles. The van der Waals surface area contributed by atoms with E-state index < -0.39 is 5.56 Å². The van der Waals surface area contributed by atoms with E-state index in [2.05, 4.69) is 4.98 Å². The Bertz CT molecular complexity index is 1060. The predicted octanol–water partition coefficient (Wildman–Crippen LogP) is 1.99. The molecule has 1 fully saturated rings. The average Bonchev–Trinajstić information content (AvgIpc) is 3.37. The van der Waals surface area contributed by atoms with Crippen molar-refractivity contribution in [2.45, 2.75) is 38.3 Å². The van der Waals surface area contributed by atoms with E-state index in [0.29, 0.717) is 18.7 Å². The normalized spacial score (nSPS) is 13.9. The SMILES string of the molecule is N#Cc1cn(C2CC2)c(=O)n(CCCc2nc3ccccc3o2)c1=O. The summed E-state index contributed by atoms with van der Waals surface area (Å²) in [4.78, 5) is 29.2. The fourth-order valence-electron chi connectivity index (χ4n) is 2.92. The van der Waals surface area contributed by atoms with Gasteiger partial charge < -0.3 is 4.42 Å². The van der Waals surface area contributed by atoms with Gasteiger partial charge in [-0.2, -0.15) is 5.26 Å². The van der Waals surface area contributed by atoms with Crippen molar-refractivity contribution in [3.63, 3.8) is 0 Å². The minimum atomic E-state index is -0.526. The van der Waals surface area contributed by atoms with Crippen LogP contribution in [0.15, 0.2) is 44.5 Å². The van der Waals surface area contributed by atoms with E-state index in [-0.39, 0.29) is 23.8 Å². The van der Waals surface area contributed by atoms with Crippen LogP contribution in [0.1, 0.15) is 36.8 Å². The number of fused-ring (bicyclic) bond motifs is 1. The highest BCUT2D eigenvalue weighted by atomic mass is 16.3. The monoisotopic (exact) mass is 336 g/mol. The number of para-hydroxylation sites is 2. The van der Waals surface area contributed by atoms with Crippen LogP contribution < -0.4 is 11.2 Å². The zero-order valence-corrected chi connectivity index (χ0v) is 13.5. The molecule has 3 aromatic rings. The first-order valence-electron chi connectivity index (χ1n) is 8.28. The van der Waals surface area contributed by atoms with E-state index in [1.807, 2.05) is 30.3 Å². The predicted molar refractivity (Wildman–Crippen MR) is 90.3 cm³/mol. The number of oxazole rings is 1. The van der Waals surface area contributed by atoms with Crippen molar-refractivity contribution >= 4 is 11.1 Å². The first-order valence-corrected chi connectivity index (χ1v) is 8.28. The van der Waals surface area contributed by atoms with Crippen molar-refractivity contribution in [1.82, 2.24) is 14.1 Å². The lowest BCUT2D eigenvalue weighted by Gasteiger charge is -2.09. The summed E-state index contributed by atoms with van der Waals surface area (Å²) in [6, 6.07) is 9.49. The molecule has 25 heavy (non-hydrogen) atoms. The Kier molecular flexibility index (Phi) is 3.73. The molecule has 0 radical (unpaired) electrons. The van der Waals surface area contributed by atoms with E-state index in [1.165, 1.54) is 10.8 Å².